The Balaban J connectivity index is 1.59. The van der Waals surface area contributed by atoms with E-state index in [1.165, 1.54) is 12.4 Å². The number of nitrogens with zero attached hydrogens (tertiary/aromatic N) is 6. The maximum absolute atomic E-state index is 11.8. The zero-order valence-corrected chi connectivity index (χ0v) is 22.2. The monoisotopic (exact) mass is 525 g/mol. The van der Waals surface area contributed by atoms with Crippen molar-refractivity contribution in [2.24, 2.45) is 0 Å². The lowest BCUT2D eigenvalue weighted by atomic mass is 9.90. The first kappa shape index (κ1) is 26.2. The van der Waals surface area contributed by atoms with Crippen molar-refractivity contribution in [3.05, 3.63) is 95.5 Å². The van der Waals surface area contributed by atoms with Crippen LogP contribution in [0.4, 0.5) is 0 Å². The number of nitrogens with one attached hydrogen (secondary N) is 1. The van der Waals surface area contributed by atoms with Gasteiger partial charge in [-0.2, -0.15) is 4.73 Å². The number of hydrogen-bond donors (Lipinski definition) is 1. The van der Waals surface area contributed by atoms with Crippen molar-refractivity contribution < 1.29 is 14.2 Å². The van der Waals surface area contributed by atoms with Gasteiger partial charge in [0.2, 0.25) is 6.29 Å². The Morgan fingerprint density at radius 3 is 2.41 bits per heavy atom. The number of aromatic amines is 1. The van der Waals surface area contributed by atoms with Gasteiger partial charge < -0.3 is 19.2 Å². The Hall–Kier alpha value is -4.41. The van der Waals surface area contributed by atoms with Gasteiger partial charge in [-0.15, -0.1) is 5.10 Å². The van der Waals surface area contributed by atoms with E-state index in [4.69, 9.17) is 14.5 Å². The van der Waals surface area contributed by atoms with Crippen molar-refractivity contribution in [1.29, 1.82) is 0 Å². The summed E-state index contributed by atoms with van der Waals surface area (Å²) in [5, 5.41) is 26.3. The molecule has 3 aromatic heterocycles. The number of tetrazole rings is 1. The first-order valence-electron chi connectivity index (χ1n) is 12.9. The number of rotatable bonds is 11. The molecule has 0 amide bonds. The summed E-state index contributed by atoms with van der Waals surface area (Å²) in [4.78, 5) is 4.83. The third kappa shape index (κ3) is 5.71. The van der Waals surface area contributed by atoms with Crippen LogP contribution in [0.25, 0.3) is 33.6 Å². The molecule has 0 radical (unpaired) electrons. The molecule has 0 aliphatic carbocycles. The first-order chi connectivity index (χ1) is 19.1. The molecule has 3 heterocycles. The molecular formula is C29H31N7O3. The van der Waals surface area contributed by atoms with Crippen LogP contribution in [-0.4, -0.2) is 44.4 Å². The van der Waals surface area contributed by atoms with Gasteiger partial charge >= 0.3 is 0 Å². The van der Waals surface area contributed by atoms with Crippen molar-refractivity contribution in [3.63, 3.8) is 0 Å². The van der Waals surface area contributed by atoms with Crippen LogP contribution in [0.3, 0.4) is 0 Å². The molecule has 0 atom stereocenters. The number of aromatic nitrogens is 7. The summed E-state index contributed by atoms with van der Waals surface area (Å²) in [6, 6.07) is 18.1. The van der Waals surface area contributed by atoms with Crippen molar-refractivity contribution in [3.8, 4) is 33.6 Å². The fraction of sp³-hybridized carbons (Fsp3) is 0.276. The normalized spacial score (nSPS) is 11.4. The Morgan fingerprint density at radius 2 is 1.72 bits per heavy atom. The minimum absolute atomic E-state index is 0.519. The van der Waals surface area contributed by atoms with Crippen LogP contribution in [0.15, 0.2) is 73.2 Å². The van der Waals surface area contributed by atoms with Crippen LogP contribution in [0.2, 0.25) is 0 Å². The van der Waals surface area contributed by atoms with Crippen molar-refractivity contribution >= 4 is 0 Å². The van der Waals surface area contributed by atoms with Gasteiger partial charge in [-0.1, -0.05) is 49.7 Å². The summed E-state index contributed by atoms with van der Waals surface area (Å²) < 4.78 is 13.9. The maximum atomic E-state index is 11.8. The number of hydrogen-bond acceptors (Lipinski definition) is 7. The average molecular weight is 526 g/mol. The molecule has 0 fully saturated rings. The summed E-state index contributed by atoms with van der Waals surface area (Å²) in [7, 11) is 3.23. The molecule has 200 valence electrons. The van der Waals surface area contributed by atoms with Crippen molar-refractivity contribution in [2.75, 3.05) is 14.2 Å². The lowest BCUT2D eigenvalue weighted by molar-refractivity contribution is -0.605. The predicted molar refractivity (Wildman–Crippen MR) is 146 cm³/mol. The van der Waals surface area contributed by atoms with Crippen LogP contribution in [0.1, 0.15) is 43.1 Å². The maximum Gasteiger partial charge on any atom is 0.202 e. The molecule has 10 heteroatoms. The molecule has 5 aromatic rings. The number of benzene rings is 2. The fourth-order valence-corrected chi connectivity index (χ4v) is 4.75. The highest BCUT2D eigenvalue weighted by molar-refractivity contribution is 5.90. The minimum Gasteiger partial charge on any atom is -0.619 e. The van der Waals surface area contributed by atoms with Crippen molar-refractivity contribution in [1.82, 2.24) is 30.2 Å². The summed E-state index contributed by atoms with van der Waals surface area (Å²) in [6.45, 7) is 2.80. The quantitative estimate of drug-likeness (QED) is 0.151. The van der Waals surface area contributed by atoms with Gasteiger partial charge in [-0.05, 0) is 50.7 Å². The highest BCUT2D eigenvalue weighted by Crippen LogP contribution is 2.37. The smallest absolute Gasteiger partial charge is 0.202 e. The topological polar surface area (TPSA) is 118 Å². The van der Waals surface area contributed by atoms with E-state index < -0.39 is 6.29 Å². The molecule has 10 nitrogen and oxygen atoms in total. The Labute approximate surface area is 226 Å². The Kier molecular flexibility index (Phi) is 8.04. The molecule has 5 rings (SSSR count). The molecular weight excluding hydrogens is 494 g/mol. The summed E-state index contributed by atoms with van der Waals surface area (Å²) in [5.41, 5.74) is 6.65. The molecule has 0 spiro atoms. The van der Waals surface area contributed by atoms with Gasteiger partial charge in [0, 0.05) is 51.1 Å². The fourth-order valence-electron chi connectivity index (χ4n) is 4.75. The number of ether oxygens (including phenoxy) is 2. The summed E-state index contributed by atoms with van der Waals surface area (Å²) in [5.74, 6) is 1.58. The molecule has 0 saturated carbocycles. The van der Waals surface area contributed by atoms with Gasteiger partial charge in [-0.3, -0.25) is 0 Å². The van der Waals surface area contributed by atoms with Gasteiger partial charge in [0.25, 0.3) is 0 Å². The number of imidazole rings is 1. The Bertz CT molecular complexity index is 1510. The van der Waals surface area contributed by atoms with E-state index in [1.807, 2.05) is 42.6 Å². The summed E-state index contributed by atoms with van der Waals surface area (Å²) in [6.07, 6.45) is 7.49. The number of methoxy groups -OCH3 is 2. The molecule has 0 unspecified atom stereocenters. The molecule has 0 bridgehead atoms. The molecule has 2 aromatic carbocycles. The zero-order chi connectivity index (χ0) is 27.2. The van der Waals surface area contributed by atoms with E-state index in [2.05, 4.69) is 50.3 Å². The van der Waals surface area contributed by atoms with E-state index >= 15 is 0 Å². The average Bonchev–Trinajstić information content (AvgIpc) is 3.64. The van der Waals surface area contributed by atoms with E-state index in [1.54, 1.807) is 14.2 Å². The SMILES string of the molecule is CCCCc1nc(C(OC)OC)cn1Cc1ccc(-c2ccccc2-c2nnn[nH]2)c(-c2cc[n+]([O-])cc2)c1. The van der Waals surface area contributed by atoms with Crippen molar-refractivity contribution in [2.45, 2.75) is 39.0 Å². The van der Waals surface area contributed by atoms with Crippen LogP contribution >= 0.6 is 0 Å². The largest absolute Gasteiger partial charge is 0.619 e. The number of aryl methyl sites for hydroxylation is 1. The van der Waals surface area contributed by atoms with Gasteiger partial charge in [-0.25, -0.2) is 10.1 Å². The lowest BCUT2D eigenvalue weighted by Gasteiger charge is -2.16. The van der Waals surface area contributed by atoms with E-state index in [0.717, 1.165) is 68.9 Å². The molecule has 0 aliphatic heterocycles. The highest BCUT2D eigenvalue weighted by Gasteiger charge is 2.19. The Morgan fingerprint density at radius 1 is 0.974 bits per heavy atom. The second-order valence-electron chi connectivity index (χ2n) is 9.24. The molecule has 39 heavy (non-hydrogen) atoms. The van der Waals surface area contributed by atoms with Crippen LogP contribution in [-0.2, 0) is 22.4 Å². The molecule has 0 saturated heterocycles. The molecule has 1 N–H and O–H groups in total. The lowest BCUT2D eigenvalue weighted by Crippen LogP contribution is -2.23. The van der Waals surface area contributed by atoms with E-state index in [9.17, 15) is 5.21 Å². The first-order valence-corrected chi connectivity index (χ1v) is 12.9. The van der Waals surface area contributed by atoms with Crippen LogP contribution in [0.5, 0.6) is 0 Å². The van der Waals surface area contributed by atoms with E-state index in [0.29, 0.717) is 12.4 Å². The van der Waals surface area contributed by atoms with Gasteiger partial charge in [0.1, 0.15) is 11.5 Å². The van der Waals surface area contributed by atoms with Crippen LogP contribution in [0, 0.1) is 5.21 Å². The zero-order valence-electron chi connectivity index (χ0n) is 22.2. The second kappa shape index (κ2) is 12.0. The van der Waals surface area contributed by atoms with Crippen LogP contribution < -0.4 is 4.73 Å². The number of unbranched alkanes of at least 4 members (excludes halogenated alkanes) is 1. The minimum atomic E-state index is -0.519. The number of pyridine rings is 1. The third-order valence-corrected chi connectivity index (χ3v) is 6.67. The standard InChI is InChI=1S/C29H31N7O3/c1-4-5-10-27-30-26(29(38-2)39-3)19-35(27)18-20-11-12-23(25(17-20)21-13-15-36(37)16-14-21)22-8-6-7-9-24(22)28-31-33-34-32-28/h6-9,11-17,19,29H,4-5,10,18H2,1-3H3,(H,31,32,33,34). The second-order valence-corrected chi connectivity index (χ2v) is 9.24. The molecule has 0 aliphatic rings. The van der Waals surface area contributed by atoms with E-state index in [-0.39, 0.29) is 0 Å². The number of H-pyrrole nitrogens is 1. The summed E-state index contributed by atoms with van der Waals surface area (Å²) >= 11 is 0. The van der Waals surface area contributed by atoms with Gasteiger partial charge in [0.05, 0.1) is 0 Å². The third-order valence-electron chi connectivity index (χ3n) is 6.67. The predicted octanol–water partition coefficient (Wildman–Crippen LogP) is 4.71. The van der Waals surface area contributed by atoms with Gasteiger partial charge in [0.15, 0.2) is 18.2 Å². The highest BCUT2D eigenvalue weighted by atomic mass is 16.7.